The van der Waals surface area contributed by atoms with Crippen LogP contribution in [0, 0.1) is 0 Å². The van der Waals surface area contributed by atoms with Crippen molar-refractivity contribution in [3.8, 4) is 0 Å². The third kappa shape index (κ3) is 1.90. The number of nitrogen functional groups attached to an aromatic ring is 1. The lowest BCUT2D eigenvalue weighted by Gasteiger charge is -2.06. The Morgan fingerprint density at radius 3 is 2.45 bits per heavy atom. The van der Waals surface area contributed by atoms with Crippen LogP contribution >= 0.6 is 0 Å². The largest absolute Gasteiger partial charge is 0.368 e. The minimum Gasteiger partial charge on any atom is -0.368 e. The van der Waals surface area contributed by atoms with E-state index in [0.29, 0.717) is 11.9 Å². The third-order valence-electron chi connectivity index (χ3n) is 1.87. The molecule has 0 aromatic carbocycles. The molecule has 0 bridgehead atoms. The first kappa shape index (κ1) is 7.98. The molecule has 60 valence electrons. The maximum absolute atomic E-state index is 5.35. The monoisotopic (exact) mass is 151 g/mol. The zero-order valence-corrected chi connectivity index (χ0v) is 6.91. The molecule has 1 unspecified atom stereocenters. The zero-order chi connectivity index (χ0) is 8.27. The number of nitrogens with two attached hydrogens (primary N) is 1. The molecule has 0 saturated heterocycles. The summed E-state index contributed by atoms with van der Waals surface area (Å²) in [5.41, 5.74) is 6.50. The molecule has 0 spiro atoms. The normalized spacial score (nSPS) is 12.9. The standard InChI is InChI=1S/C8H13N3/c1-3-6(2)7-4-10-8(9)11-5-7/h4-6H,3H2,1-2H3,(H2,9,10,11). The predicted octanol–water partition coefficient (Wildman–Crippen LogP) is 1.57. The average Bonchev–Trinajstić information content (AvgIpc) is 2.05. The minimum atomic E-state index is 0.344. The lowest BCUT2D eigenvalue weighted by molar-refractivity contribution is 0.725. The fraction of sp³-hybridized carbons (Fsp3) is 0.500. The molecular formula is C8H13N3. The quantitative estimate of drug-likeness (QED) is 0.698. The van der Waals surface area contributed by atoms with Gasteiger partial charge in [0, 0.05) is 12.4 Å². The second kappa shape index (κ2) is 3.32. The van der Waals surface area contributed by atoms with E-state index in [9.17, 15) is 0 Å². The Hall–Kier alpha value is -1.12. The molecule has 3 heteroatoms. The maximum Gasteiger partial charge on any atom is 0.219 e. The average molecular weight is 151 g/mol. The van der Waals surface area contributed by atoms with Crippen molar-refractivity contribution in [3.63, 3.8) is 0 Å². The van der Waals surface area contributed by atoms with E-state index in [-0.39, 0.29) is 0 Å². The van der Waals surface area contributed by atoms with Gasteiger partial charge in [-0.05, 0) is 17.9 Å². The molecule has 0 fully saturated rings. The highest BCUT2D eigenvalue weighted by molar-refractivity contribution is 5.19. The van der Waals surface area contributed by atoms with Gasteiger partial charge < -0.3 is 5.73 Å². The molecule has 1 heterocycles. The van der Waals surface area contributed by atoms with Gasteiger partial charge in [0.25, 0.3) is 0 Å². The van der Waals surface area contributed by atoms with Crippen molar-refractivity contribution in [3.05, 3.63) is 18.0 Å². The van der Waals surface area contributed by atoms with Gasteiger partial charge in [-0.25, -0.2) is 9.97 Å². The van der Waals surface area contributed by atoms with Crippen LogP contribution in [0.5, 0.6) is 0 Å². The smallest absolute Gasteiger partial charge is 0.219 e. The molecule has 0 radical (unpaired) electrons. The second-order valence-corrected chi connectivity index (χ2v) is 2.68. The van der Waals surface area contributed by atoms with Crippen LogP contribution in [-0.4, -0.2) is 9.97 Å². The van der Waals surface area contributed by atoms with Crippen molar-refractivity contribution in [2.75, 3.05) is 5.73 Å². The molecule has 0 aliphatic rings. The van der Waals surface area contributed by atoms with E-state index in [1.165, 1.54) is 0 Å². The molecule has 0 aliphatic heterocycles. The summed E-state index contributed by atoms with van der Waals surface area (Å²) in [7, 11) is 0. The van der Waals surface area contributed by atoms with Crippen LogP contribution < -0.4 is 5.73 Å². The highest BCUT2D eigenvalue weighted by Crippen LogP contribution is 2.15. The van der Waals surface area contributed by atoms with Gasteiger partial charge in [-0.3, -0.25) is 0 Å². The molecule has 1 aromatic rings. The third-order valence-corrected chi connectivity index (χ3v) is 1.87. The molecule has 1 atom stereocenters. The van der Waals surface area contributed by atoms with Crippen LogP contribution in [0.25, 0.3) is 0 Å². The topological polar surface area (TPSA) is 51.8 Å². The second-order valence-electron chi connectivity index (χ2n) is 2.68. The lowest BCUT2D eigenvalue weighted by Crippen LogP contribution is -1.98. The van der Waals surface area contributed by atoms with Gasteiger partial charge in [0.1, 0.15) is 0 Å². The Bertz CT molecular complexity index is 217. The molecule has 1 aromatic heterocycles. The molecule has 0 amide bonds. The minimum absolute atomic E-state index is 0.344. The van der Waals surface area contributed by atoms with Crippen molar-refractivity contribution < 1.29 is 0 Å². The molecule has 2 N–H and O–H groups in total. The van der Waals surface area contributed by atoms with Gasteiger partial charge >= 0.3 is 0 Å². The molecule has 11 heavy (non-hydrogen) atoms. The Balaban J connectivity index is 2.81. The maximum atomic E-state index is 5.35. The van der Waals surface area contributed by atoms with Gasteiger partial charge in [-0.2, -0.15) is 0 Å². The summed E-state index contributed by atoms with van der Waals surface area (Å²) in [5, 5.41) is 0. The first-order valence-corrected chi connectivity index (χ1v) is 3.81. The number of anilines is 1. The summed E-state index contributed by atoms with van der Waals surface area (Å²) >= 11 is 0. The van der Waals surface area contributed by atoms with Gasteiger partial charge in [-0.1, -0.05) is 13.8 Å². The summed E-state index contributed by atoms with van der Waals surface area (Å²) in [4.78, 5) is 7.83. The Labute approximate surface area is 66.7 Å². The first-order valence-electron chi connectivity index (χ1n) is 3.81. The van der Waals surface area contributed by atoms with Crippen LogP contribution in [0.1, 0.15) is 31.7 Å². The van der Waals surface area contributed by atoms with Crippen LogP contribution in [0.2, 0.25) is 0 Å². The first-order chi connectivity index (χ1) is 5.24. The van der Waals surface area contributed by atoms with Crippen LogP contribution in [0.3, 0.4) is 0 Å². The van der Waals surface area contributed by atoms with Crippen molar-refractivity contribution in [2.24, 2.45) is 0 Å². The summed E-state index contributed by atoms with van der Waals surface area (Å²) in [6.07, 6.45) is 4.68. The van der Waals surface area contributed by atoms with Gasteiger partial charge in [0.05, 0.1) is 0 Å². The summed E-state index contributed by atoms with van der Waals surface area (Å²) in [6.45, 7) is 4.29. The molecule has 0 saturated carbocycles. The van der Waals surface area contributed by atoms with E-state index < -0.39 is 0 Å². The lowest BCUT2D eigenvalue weighted by atomic mass is 10.0. The highest BCUT2D eigenvalue weighted by Gasteiger charge is 2.02. The SMILES string of the molecule is CCC(C)c1cnc(N)nc1. The summed E-state index contributed by atoms with van der Waals surface area (Å²) < 4.78 is 0. The van der Waals surface area contributed by atoms with Crippen molar-refractivity contribution >= 4 is 5.95 Å². The number of hydrogen-bond donors (Lipinski definition) is 1. The van der Waals surface area contributed by atoms with Crippen molar-refractivity contribution in [2.45, 2.75) is 26.2 Å². The van der Waals surface area contributed by atoms with E-state index >= 15 is 0 Å². The highest BCUT2D eigenvalue weighted by atomic mass is 15.0. The van der Waals surface area contributed by atoms with E-state index in [2.05, 4.69) is 23.8 Å². The van der Waals surface area contributed by atoms with Crippen LogP contribution in [-0.2, 0) is 0 Å². The predicted molar refractivity (Wildman–Crippen MR) is 45.2 cm³/mol. The van der Waals surface area contributed by atoms with Crippen LogP contribution in [0.15, 0.2) is 12.4 Å². The Kier molecular flexibility index (Phi) is 2.41. The molecule has 1 rings (SSSR count). The molecule has 0 aliphatic carbocycles. The number of nitrogens with zero attached hydrogens (tertiary/aromatic N) is 2. The van der Waals surface area contributed by atoms with E-state index in [1.54, 1.807) is 12.4 Å². The Morgan fingerprint density at radius 1 is 1.45 bits per heavy atom. The number of aromatic nitrogens is 2. The fourth-order valence-electron chi connectivity index (χ4n) is 0.838. The molecular weight excluding hydrogens is 138 g/mol. The fourth-order valence-corrected chi connectivity index (χ4v) is 0.838. The van der Waals surface area contributed by atoms with E-state index in [0.717, 1.165) is 12.0 Å². The van der Waals surface area contributed by atoms with Gasteiger partial charge in [-0.15, -0.1) is 0 Å². The van der Waals surface area contributed by atoms with Crippen molar-refractivity contribution in [1.82, 2.24) is 9.97 Å². The zero-order valence-electron chi connectivity index (χ0n) is 6.91. The Morgan fingerprint density at radius 2 is 2.00 bits per heavy atom. The van der Waals surface area contributed by atoms with Crippen LogP contribution in [0.4, 0.5) is 5.95 Å². The van der Waals surface area contributed by atoms with E-state index in [1.807, 2.05) is 0 Å². The van der Waals surface area contributed by atoms with Gasteiger partial charge in [0.15, 0.2) is 0 Å². The molecule has 3 nitrogen and oxygen atoms in total. The van der Waals surface area contributed by atoms with E-state index in [4.69, 9.17) is 5.73 Å². The number of hydrogen-bond acceptors (Lipinski definition) is 3. The van der Waals surface area contributed by atoms with Gasteiger partial charge in [0.2, 0.25) is 5.95 Å². The summed E-state index contributed by atoms with van der Waals surface area (Å²) in [6, 6.07) is 0. The summed E-state index contributed by atoms with van der Waals surface area (Å²) in [5.74, 6) is 0.868. The number of rotatable bonds is 2. The van der Waals surface area contributed by atoms with Crippen molar-refractivity contribution in [1.29, 1.82) is 0 Å².